The number of rotatable bonds is 4. The second kappa shape index (κ2) is 5.35. The molecule has 78 valence electrons. The van der Waals surface area contributed by atoms with E-state index >= 15 is 0 Å². The number of aromatic nitrogens is 2. The summed E-state index contributed by atoms with van der Waals surface area (Å²) in [7, 11) is 0. The van der Waals surface area contributed by atoms with Crippen molar-refractivity contribution in [3.05, 3.63) is 11.2 Å². The van der Waals surface area contributed by atoms with Crippen LogP contribution in [0.2, 0.25) is 5.02 Å². The third-order valence-corrected chi connectivity index (χ3v) is 2.88. The fourth-order valence-corrected chi connectivity index (χ4v) is 1.75. The first-order chi connectivity index (χ1) is 6.63. The third kappa shape index (κ3) is 3.30. The van der Waals surface area contributed by atoms with Crippen LogP contribution in [0.3, 0.4) is 0 Å². The van der Waals surface area contributed by atoms with E-state index in [2.05, 4.69) is 9.97 Å². The van der Waals surface area contributed by atoms with Crippen LogP contribution in [-0.2, 0) is 0 Å². The number of aliphatic hydroxyl groups is 2. The summed E-state index contributed by atoms with van der Waals surface area (Å²) in [4.78, 5) is 7.58. The third-order valence-electron chi connectivity index (χ3n) is 1.35. The molecule has 0 amide bonds. The van der Waals surface area contributed by atoms with E-state index in [0.717, 1.165) is 0 Å². The summed E-state index contributed by atoms with van der Waals surface area (Å²) in [6.07, 6.45) is 0.615. The molecule has 0 bridgehead atoms. The highest BCUT2D eigenvalue weighted by Gasteiger charge is 2.08. The summed E-state index contributed by atoms with van der Waals surface area (Å²) in [6, 6.07) is 0. The van der Waals surface area contributed by atoms with Gasteiger partial charge < -0.3 is 15.9 Å². The van der Waals surface area contributed by atoms with E-state index in [1.165, 1.54) is 18.0 Å². The fraction of sp³-hybridized carbons (Fsp3) is 0.429. The lowest BCUT2D eigenvalue weighted by Crippen LogP contribution is -2.14. The van der Waals surface area contributed by atoms with Gasteiger partial charge in [-0.3, -0.25) is 0 Å². The Morgan fingerprint density at radius 1 is 1.64 bits per heavy atom. The molecule has 7 heteroatoms. The van der Waals surface area contributed by atoms with Gasteiger partial charge in [0, 0.05) is 5.75 Å². The van der Waals surface area contributed by atoms with Crippen LogP contribution in [0, 0.1) is 0 Å². The second-order valence-corrected chi connectivity index (χ2v) is 3.94. The largest absolute Gasteiger partial charge is 0.394 e. The zero-order valence-corrected chi connectivity index (χ0v) is 8.79. The average molecular weight is 236 g/mol. The van der Waals surface area contributed by atoms with Crippen LogP contribution in [0.5, 0.6) is 0 Å². The number of hydrogen-bond donors (Lipinski definition) is 3. The zero-order chi connectivity index (χ0) is 10.6. The number of thioether (sulfide) groups is 1. The summed E-state index contributed by atoms with van der Waals surface area (Å²) in [5, 5.41) is 18.6. The van der Waals surface area contributed by atoms with E-state index in [-0.39, 0.29) is 12.6 Å². The van der Waals surface area contributed by atoms with Crippen molar-refractivity contribution in [2.75, 3.05) is 18.1 Å². The molecular weight excluding hydrogens is 226 g/mol. The molecule has 1 aromatic rings. The van der Waals surface area contributed by atoms with E-state index in [9.17, 15) is 0 Å². The Labute approximate surface area is 90.3 Å². The predicted octanol–water partition coefficient (Wildman–Crippen LogP) is 0.158. The molecule has 0 saturated heterocycles. The molecule has 0 saturated carbocycles. The van der Waals surface area contributed by atoms with Gasteiger partial charge in [0.1, 0.15) is 5.03 Å². The van der Waals surface area contributed by atoms with Crippen LogP contribution in [0.4, 0.5) is 5.95 Å². The number of aliphatic hydroxyl groups excluding tert-OH is 2. The van der Waals surface area contributed by atoms with E-state index in [1.54, 1.807) is 0 Å². The zero-order valence-electron chi connectivity index (χ0n) is 7.22. The van der Waals surface area contributed by atoms with Crippen LogP contribution in [0.25, 0.3) is 0 Å². The Hall–Kier alpha value is -0.560. The van der Waals surface area contributed by atoms with E-state index in [0.29, 0.717) is 15.8 Å². The second-order valence-electron chi connectivity index (χ2n) is 2.53. The highest BCUT2D eigenvalue weighted by atomic mass is 35.5. The van der Waals surface area contributed by atoms with E-state index in [4.69, 9.17) is 27.5 Å². The van der Waals surface area contributed by atoms with Crippen molar-refractivity contribution in [1.29, 1.82) is 0 Å². The highest BCUT2D eigenvalue weighted by Crippen LogP contribution is 2.24. The smallest absolute Gasteiger partial charge is 0.221 e. The summed E-state index contributed by atoms with van der Waals surface area (Å²) in [6.45, 7) is -0.287. The Morgan fingerprint density at radius 2 is 2.36 bits per heavy atom. The molecule has 1 unspecified atom stereocenters. The molecule has 4 N–H and O–H groups in total. The number of nitrogens with two attached hydrogens (primary N) is 1. The molecular formula is C7H10ClN3O2S. The van der Waals surface area contributed by atoms with Gasteiger partial charge in [-0.05, 0) is 0 Å². The Balaban J connectivity index is 2.62. The number of nitrogens with zero attached hydrogens (tertiary/aromatic N) is 2. The molecule has 1 atom stereocenters. The first kappa shape index (κ1) is 11.5. The van der Waals surface area contributed by atoms with Gasteiger partial charge in [-0.15, -0.1) is 11.8 Å². The van der Waals surface area contributed by atoms with Gasteiger partial charge in [-0.25, -0.2) is 9.97 Å². The van der Waals surface area contributed by atoms with Gasteiger partial charge in [-0.1, -0.05) is 11.6 Å². The number of hydrogen-bond acceptors (Lipinski definition) is 6. The minimum atomic E-state index is -0.785. The lowest BCUT2D eigenvalue weighted by atomic mass is 10.4. The van der Waals surface area contributed by atoms with Gasteiger partial charge in [0.2, 0.25) is 5.95 Å². The molecule has 0 fully saturated rings. The van der Waals surface area contributed by atoms with Crippen LogP contribution < -0.4 is 5.73 Å². The fourth-order valence-electron chi connectivity index (χ4n) is 0.693. The van der Waals surface area contributed by atoms with Crippen molar-refractivity contribution in [2.24, 2.45) is 0 Å². The van der Waals surface area contributed by atoms with Gasteiger partial charge in [-0.2, -0.15) is 0 Å². The quantitative estimate of drug-likeness (QED) is 0.509. The summed E-state index contributed by atoms with van der Waals surface area (Å²) in [5.74, 6) is 0.447. The summed E-state index contributed by atoms with van der Waals surface area (Å²) >= 11 is 7.00. The van der Waals surface area contributed by atoms with Crippen LogP contribution in [0.15, 0.2) is 11.2 Å². The van der Waals surface area contributed by atoms with Crippen LogP contribution >= 0.6 is 23.4 Å². The molecule has 14 heavy (non-hydrogen) atoms. The van der Waals surface area contributed by atoms with Crippen molar-refractivity contribution in [1.82, 2.24) is 9.97 Å². The molecule has 0 radical (unpaired) electrons. The van der Waals surface area contributed by atoms with Crippen LogP contribution in [0.1, 0.15) is 0 Å². The SMILES string of the molecule is Nc1ncc(Cl)c(SCC(O)CO)n1. The highest BCUT2D eigenvalue weighted by molar-refractivity contribution is 7.99. The number of nitrogen functional groups attached to an aromatic ring is 1. The normalized spacial score (nSPS) is 12.8. The maximum absolute atomic E-state index is 9.09. The standard InChI is InChI=1S/C7H10ClN3O2S/c8-5-1-10-7(9)11-6(5)14-3-4(13)2-12/h1,4,12-13H,2-3H2,(H2,9,10,11). The lowest BCUT2D eigenvalue weighted by Gasteiger charge is -2.06. The lowest BCUT2D eigenvalue weighted by molar-refractivity contribution is 0.113. The van der Waals surface area contributed by atoms with Crippen molar-refractivity contribution in [3.63, 3.8) is 0 Å². The molecule has 1 rings (SSSR count). The van der Waals surface area contributed by atoms with E-state index in [1.807, 2.05) is 0 Å². The molecule has 1 heterocycles. The van der Waals surface area contributed by atoms with Crippen molar-refractivity contribution >= 4 is 29.3 Å². The van der Waals surface area contributed by atoms with Gasteiger partial charge in [0.15, 0.2) is 0 Å². The van der Waals surface area contributed by atoms with Crippen molar-refractivity contribution < 1.29 is 10.2 Å². The summed E-state index contributed by atoms with van der Waals surface area (Å²) in [5.41, 5.74) is 5.36. The molecule has 0 aliphatic carbocycles. The minimum Gasteiger partial charge on any atom is -0.394 e. The minimum absolute atomic E-state index is 0.135. The van der Waals surface area contributed by atoms with Crippen LogP contribution in [-0.4, -0.2) is 38.6 Å². The van der Waals surface area contributed by atoms with Gasteiger partial charge in [0.05, 0.1) is 23.9 Å². The first-order valence-corrected chi connectivity index (χ1v) is 5.19. The Morgan fingerprint density at radius 3 is 3.00 bits per heavy atom. The topological polar surface area (TPSA) is 92.3 Å². The molecule has 1 aromatic heterocycles. The van der Waals surface area contributed by atoms with Crippen molar-refractivity contribution in [3.8, 4) is 0 Å². The maximum Gasteiger partial charge on any atom is 0.221 e. The molecule has 0 aliphatic heterocycles. The maximum atomic E-state index is 9.09. The number of anilines is 1. The predicted molar refractivity (Wildman–Crippen MR) is 55.3 cm³/mol. The van der Waals surface area contributed by atoms with Crippen molar-refractivity contribution in [2.45, 2.75) is 11.1 Å². The Bertz CT molecular complexity index is 313. The van der Waals surface area contributed by atoms with Gasteiger partial charge in [0.25, 0.3) is 0 Å². The average Bonchev–Trinajstić information content (AvgIpc) is 2.19. The Kier molecular flexibility index (Phi) is 4.40. The number of halogens is 1. The molecule has 0 spiro atoms. The summed E-state index contributed by atoms with van der Waals surface area (Å²) < 4.78 is 0. The molecule has 0 aromatic carbocycles. The molecule has 0 aliphatic rings. The first-order valence-electron chi connectivity index (χ1n) is 3.83. The van der Waals surface area contributed by atoms with Gasteiger partial charge >= 0.3 is 0 Å². The van der Waals surface area contributed by atoms with E-state index < -0.39 is 6.10 Å². The monoisotopic (exact) mass is 235 g/mol. The molecule has 5 nitrogen and oxygen atoms in total.